The van der Waals surface area contributed by atoms with Crippen LogP contribution in [0.3, 0.4) is 0 Å². The molecule has 0 aliphatic carbocycles. The summed E-state index contributed by atoms with van der Waals surface area (Å²) < 4.78 is 13.4. The summed E-state index contributed by atoms with van der Waals surface area (Å²) in [4.78, 5) is 8.66. The third kappa shape index (κ3) is 2.68. The molecule has 0 saturated heterocycles. The first-order valence-electron chi connectivity index (χ1n) is 5.41. The van der Waals surface area contributed by atoms with Gasteiger partial charge in [0.15, 0.2) is 5.65 Å². The summed E-state index contributed by atoms with van der Waals surface area (Å²) in [5, 5.41) is 0.558. The summed E-state index contributed by atoms with van der Waals surface area (Å²) in [7, 11) is -0.898. The van der Waals surface area contributed by atoms with Gasteiger partial charge in [-0.15, -0.1) is 11.6 Å². The molecule has 0 saturated carbocycles. The van der Waals surface area contributed by atoms with Gasteiger partial charge < -0.3 is 4.57 Å². The smallest absolute Gasteiger partial charge is 0.160 e. The molecule has 0 aromatic carbocycles. The van der Waals surface area contributed by atoms with E-state index in [2.05, 4.69) is 9.97 Å². The van der Waals surface area contributed by atoms with Crippen LogP contribution in [0.25, 0.3) is 11.2 Å². The van der Waals surface area contributed by atoms with Gasteiger partial charge in [-0.25, -0.2) is 9.97 Å². The van der Waals surface area contributed by atoms with Gasteiger partial charge in [-0.3, -0.25) is 4.21 Å². The van der Waals surface area contributed by atoms with Gasteiger partial charge in [0.25, 0.3) is 0 Å². The number of fused-ring (bicyclic) bond motifs is 1. The number of pyridine rings is 1. The number of aromatic nitrogens is 3. The molecule has 0 radical (unpaired) electrons. The SMILES string of the molecule is CC(Cn1c(CCl)nc2cc(Cl)cnc21)S(C)=O. The van der Waals surface area contributed by atoms with Crippen molar-refractivity contribution in [1.29, 1.82) is 0 Å². The van der Waals surface area contributed by atoms with E-state index in [1.807, 2.05) is 11.5 Å². The van der Waals surface area contributed by atoms with Crippen molar-refractivity contribution in [3.63, 3.8) is 0 Å². The Labute approximate surface area is 118 Å². The molecule has 0 bridgehead atoms. The first-order valence-corrected chi connectivity index (χ1v) is 7.95. The molecule has 2 rings (SSSR count). The summed E-state index contributed by atoms with van der Waals surface area (Å²) in [5.74, 6) is 1.01. The quantitative estimate of drug-likeness (QED) is 0.816. The van der Waals surface area contributed by atoms with Crippen molar-refractivity contribution < 1.29 is 4.21 Å². The monoisotopic (exact) mass is 305 g/mol. The molecule has 98 valence electrons. The molecule has 2 atom stereocenters. The van der Waals surface area contributed by atoms with Crippen molar-refractivity contribution in [3.8, 4) is 0 Å². The highest BCUT2D eigenvalue weighted by atomic mass is 35.5. The molecule has 0 fully saturated rings. The van der Waals surface area contributed by atoms with Gasteiger partial charge in [-0.1, -0.05) is 11.6 Å². The predicted molar refractivity (Wildman–Crippen MR) is 75.6 cm³/mol. The van der Waals surface area contributed by atoms with Crippen LogP contribution in [0.5, 0.6) is 0 Å². The Bertz CT molecular complexity index is 599. The van der Waals surface area contributed by atoms with Crippen molar-refractivity contribution in [2.75, 3.05) is 6.26 Å². The van der Waals surface area contributed by atoms with Crippen molar-refractivity contribution in [2.24, 2.45) is 0 Å². The maximum absolute atomic E-state index is 11.5. The number of hydrogen-bond donors (Lipinski definition) is 0. The Morgan fingerprint density at radius 3 is 2.89 bits per heavy atom. The Morgan fingerprint density at radius 1 is 1.56 bits per heavy atom. The third-order valence-corrected chi connectivity index (χ3v) is 4.48. The number of hydrogen-bond acceptors (Lipinski definition) is 3. The Kier molecular flexibility index (Phi) is 4.25. The van der Waals surface area contributed by atoms with Crippen LogP contribution in [0.1, 0.15) is 12.7 Å². The lowest BCUT2D eigenvalue weighted by molar-refractivity contribution is 0.638. The topological polar surface area (TPSA) is 47.8 Å². The minimum atomic E-state index is -0.898. The molecule has 2 aromatic rings. The van der Waals surface area contributed by atoms with E-state index >= 15 is 0 Å². The molecule has 7 heteroatoms. The average molecular weight is 306 g/mol. The number of nitrogens with zero attached hydrogens (tertiary/aromatic N) is 3. The van der Waals surface area contributed by atoms with Crippen LogP contribution in [-0.2, 0) is 23.2 Å². The highest BCUT2D eigenvalue weighted by molar-refractivity contribution is 7.84. The van der Waals surface area contributed by atoms with Crippen LogP contribution in [0, 0.1) is 0 Å². The zero-order valence-corrected chi connectivity index (χ0v) is 12.4. The molecule has 2 unspecified atom stereocenters. The van der Waals surface area contributed by atoms with E-state index in [4.69, 9.17) is 23.2 Å². The van der Waals surface area contributed by atoms with Gasteiger partial charge in [0.1, 0.15) is 11.3 Å². The minimum absolute atomic E-state index is 0.0156. The van der Waals surface area contributed by atoms with E-state index in [-0.39, 0.29) is 11.1 Å². The van der Waals surface area contributed by atoms with Crippen LogP contribution in [0.2, 0.25) is 5.02 Å². The van der Waals surface area contributed by atoms with Crippen LogP contribution >= 0.6 is 23.2 Å². The Morgan fingerprint density at radius 2 is 2.28 bits per heavy atom. The van der Waals surface area contributed by atoms with E-state index in [1.54, 1.807) is 18.5 Å². The molecule has 0 aliphatic rings. The van der Waals surface area contributed by atoms with Crippen molar-refractivity contribution in [1.82, 2.24) is 14.5 Å². The minimum Gasteiger partial charge on any atom is -0.310 e. The lowest BCUT2D eigenvalue weighted by Gasteiger charge is -2.11. The second kappa shape index (κ2) is 5.55. The van der Waals surface area contributed by atoms with Crippen LogP contribution in [0.4, 0.5) is 0 Å². The fourth-order valence-corrected chi connectivity index (χ4v) is 2.40. The molecule has 0 spiro atoms. The summed E-state index contributed by atoms with van der Waals surface area (Å²) in [6.07, 6.45) is 3.27. The first-order chi connectivity index (χ1) is 8.52. The summed E-state index contributed by atoms with van der Waals surface area (Å²) in [6, 6.07) is 1.75. The van der Waals surface area contributed by atoms with E-state index < -0.39 is 10.8 Å². The van der Waals surface area contributed by atoms with Crippen LogP contribution < -0.4 is 0 Å². The zero-order valence-electron chi connectivity index (χ0n) is 10.1. The number of halogens is 2. The van der Waals surface area contributed by atoms with E-state index in [0.717, 1.165) is 11.5 Å². The molecule has 2 aromatic heterocycles. The van der Waals surface area contributed by atoms with Crippen molar-refractivity contribution in [3.05, 3.63) is 23.1 Å². The second-order valence-corrected chi connectivity index (χ2v) is 6.58. The molecule has 2 heterocycles. The van der Waals surface area contributed by atoms with Gasteiger partial charge >= 0.3 is 0 Å². The summed E-state index contributed by atoms with van der Waals surface area (Å²) in [6.45, 7) is 2.51. The lowest BCUT2D eigenvalue weighted by atomic mass is 10.4. The van der Waals surface area contributed by atoms with Crippen LogP contribution in [-0.4, -0.2) is 30.2 Å². The Hall–Kier alpha value is -0.650. The number of imidazole rings is 1. The standard InChI is InChI=1S/C11H13Cl2N3OS/c1-7(18(2)17)6-16-10(4-12)15-9-3-8(13)5-14-11(9)16/h3,5,7H,4,6H2,1-2H3. The normalized spacial score (nSPS) is 14.9. The molecule has 18 heavy (non-hydrogen) atoms. The third-order valence-electron chi connectivity index (χ3n) is 2.76. The largest absolute Gasteiger partial charge is 0.310 e. The second-order valence-electron chi connectivity index (χ2n) is 4.08. The maximum atomic E-state index is 11.5. The molecular weight excluding hydrogens is 293 g/mol. The number of alkyl halides is 1. The van der Waals surface area contributed by atoms with Gasteiger partial charge in [0.05, 0.1) is 10.9 Å². The van der Waals surface area contributed by atoms with E-state index in [1.165, 1.54) is 0 Å². The molecule has 4 nitrogen and oxygen atoms in total. The van der Waals surface area contributed by atoms with E-state index in [9.17, 15) is 4.21 Å². The van der Waals surface area contributed by atoms with Gasteiger partial charge in [-0.2, -0.15) is 0 Å². The highest BCUT2D eigenvalue weighted by Gasteiger charge is 2.15. The van der Waals surface area contributed by atoms with Gasteiger partial charge in [0.2, 0.25) is 0 Å². The summed E-state index contributed by atoms with van der Waals surface area (Å²) >= 11 is 11.8. The number of rotatable bonds is 4. The molecule has 0 amide bonds. The maximum Gasteiger partial charge on any atom is 0.160 e. The van der Waals surface area contributed by atoms with Crippen LogP contribution in [0.15, 0.2) is 12.3 Å². The highest BCUT2D eigenvalue weighted by Crippen LogP contribution is 2.20. The fraction of sp³-hybridized carbons (Fsp3) is 0.455. The molecule has 0 aliphatic heterocycles. The lowest BCUT2D eigenvalue weighted by Crippen LogP contribution is -2.19. The average Bonchev–Trinajstić information content (AvgIpc) is 2.66. The van der Waals surface area contributed by atoms with Gasteiger partial charge in [-0.05, 0) is 13.0 Å². The predicted octanol–water partition coefficient (Wildman–Crippen LogP) is 2.59. The van der Waals surface area contributed by atoms with Crippen molar-refractivity contribution in [2.45, 2.75) is 24.6 Å². The van der Waals surface area contributed by atoms with E-state index in [0.29, 0.717) is 17.1 Å². The van der Waals surface area contributed by atoms with Crippen molar-refractivity contribution >= 4 is 45.2 Å². The molecule has 0 N–H and O–H groups in total. The summed E-state index contributed by atoms with van der Waals surface area (Å²) in [5.41, 5.74) is 1.44. The zero-order chi connectivity index (χ0) is 13.3. The van der Waals surface area contributed by atoms with Gasteiger partial charge in [0, 0.05) is 35.0 Å². The molecular formula is C11H13Cl2N3OS. The fourth-order valence-electron chi connectivity index (χ4n) is 1.69. The Balaban J connectivity index is 2.50. The first kappa shape index (κ1) is 13.8.